The molecule has 0 unspecified atom stereocenters. The highest BCUT2D eigenvalue weighted by Gasteiger charge is 2.23. The summed E-state index contributed by atoms with van der Waals surface area (Å²) in [7, 11) is -3.73. The molecule has 6 nitrogen and oxygen atoms in total. The predicted molar refractivity (Wildman–Crippen MR) is 101 cm³/mol. The Morgan fingerprint density at radius 1 is 1.08 bits per heavy atom. The summed E-state index contributed by atoms with van der Waals surface area (Å²) in [6, 6.07) is 13.4. The Labute approximate surface area is 157 Å². The van der Waals surface area contributed by atoms with Crippen molar-refractivity contribution in [1.29, 1.82) is 0 Å². The molecule has 8 heteroatoms. The highest BCUT2D eigenvalue weighted by molar-refractivity contribution is 7.91. The summed E-state index contributed by atoms with van der Waals surface area (Å²) in [5.74, 6) is -0.489. The molecule has 0 aliphatic carbocycles. The zero-order valence-electron chi connectivity index (χ0n) is 14.0. The number of hydrogen-bond acceptors (Lipinski definition) is 4. The molecule has 1 aliphatic rings. The number of benzene rings is 2. The van der Waals surface area contributed by atoms with E-state index in [1.165, 1.54) is 0 Å². The van der Waals surface area contributed by atoms with Crippen molar-refractivity contribution in [3.8, 4) is 0 Å². The van der Waals surface area contributed by atoms with Crippen molar-refractivity contribution in [1.82, 2.24) is 4.90 Å². The lowest BCUT2D eigenvalue weighted by atomic mass is 10.1. The quantitative estimate of drug-likeness (QED) is 0.846. The molecule has 1 saturated heterocycles. The average Bonchev–Trinajstić information content (AvgIpc) is 2.64. The largest absolute Gasteiger partial charge is 0.378 e. The van der Waals surface area contributed by atoms with E-state index >= 15 is 0 Å². The molecule has 2 aromatic carbocycles. The van der Waals surface area contributed by atoms with Gasteiger partial charge in [-0.2, -0.15) is 0 Å². The smallest absolute Gasteiger partial charge is 0.256 e. The molecule has 2 aromatic rings. The molecule has 26 heavy (non-hydrogen) atoms. The van der Waals surface area contributed by atoms with Crippen molar-refractivity contribution < 1.29 is 17.9 Å². The fraction of sp³-hybridized carbons (Fsp3) is 0.278. The van der Waals surface area contributed by atoms with Crippen LogP contribution in [0.2, 0.25) is 5.02 Å². The highest BCUT2D eigenvalue weighted by Crippen LogP contribution is 2.22. The number of anilines is 1. The molecular formula is C18H19ClN2O4S. The highest BCUT2D eigenvalue weighted by atomic mass is 35.5. The van der Waals surface area contributed by atoms with Gasteiger partial charge in [-0.25, -0.2) is 8.42 Å². The second kappa shape index (κ2) is 8.07. The van der Waals surface area contributed by atoms with Gasteiger partial charge in [0.05, 0.1) is 30.2 Å². The van der Waals surface area contributed by atoms with E-state index in [1.807, 2.05) is 0 Å². The molecule has 1 aliphatic heterocycles. The number of hydrogen-bond donors (Lipinski definition) is 1. The Hall–Kier alpha value is -2.09. The molecule has 0 atom stereocenters. The van der Waals surface area contributed by atoms with Gasteiger partial charge in [0.25, 0.3) is 5.91 Å². The summed E-state index contributed by atoms with van der Waals surface area (Å²) in [6.07, 6.45) is 0. The van der Waals surface area contributed by atoms with E-state index in [-0.39, 0.29) is 17.3 Å². The Morgan fingerprint density at radius 3 is 2.46 bits per heavy atom. The molecule has 0 bridgehead atoms. The molecule has 3 rings (SSSR count). The van der Waals surface area contributed by atoms with Crippen LogP contribution in [0.1, 0.15) is 15.9 Å². The first-order valence-corrected chi connectivity index (χ1v) is 10.2. The van der Waals surface area contributed by atoms with Crippen molar-refractivity contribution in [3.63, 3.8) is 0 Å². The fourth-order valence-electron chi connectivity index (χ4n) is 2.72. The van der Waals surface area contributed by atoms with Gasteiger partial charge in [0.15, 0.2) is 0 Å². The summed E-state index contributed by atoms with van der Waals surface area (Å²) in [5.41, 5.74) is 1.08. The molecule has 0 aromatic heterocycles. The van der Waals surface area contributed by atoms with Gasteiger partial charge in [-0.1, -0.05) is 41.9 Å². The number of sulfonamides is 1. The van der Waals surface area contributed by atoms with E-state index in [9.17, 15) is 13.2 Å². The van der Waals surface area contributed by atoms with Crippen molar-refractivity contribution in [2.45, 2.75) is 5.75 Å². The lowest BCUT2D eigenvalue weighted by molar-refractivity contribution is 0.0303. The van der Waals surface area contributed by atoms with E-state index in [2.05, 4.69) is 4.72 Å². The summed E-state index contributed by atoms with van der Waals surface area (Å²) in [4.78, 5) is 14.4. The maximum absolute atomic E-state index is 12.7. The Balaban J connectivity index is 1.81. The molecule has 0 spiro atoms. The zero-order valence-corrected chi connectivity index (χ0v) is 15.6. The molecule has 1 fully saturated rings. The maximum Gasteiger partial charge on any atom is 0.256 e. The average molecular weight is 395 g/mol. The topological polar surface area (TPSA) is 75.7 Å². The number of nitrogens with zero attached hydrogens (tertiary/aromatic N) is 1. The number of rotatable bonds is 5. The van der Waals surface area contributed by atoms with Crippen LogP contribution < -0.4 is 4.72 Å². The molecule has 1 heterocycles. The van der Waals surface area contributed by atoms with Gasteiger partial charge in [0.2, 0.25) is 10.0 Å². The Bertz CT molecular complexity index is 896. The van der Waals surface area contributed by atoms with Crippen molar-refractivity contribution in [2.24, 2.45) is 0 Å². The molecule has 138 valence electrons. The van der Waals surface area contributed by atoms with Crippen LogP contribution in [0.4, 0.5) is 5.69 Å². The van der Waals surface area contributed by atoms with Crippen molar-refractivity contribution in [2.75, 3.05) is 31.0 Å². The number of carbonyl (C=O) groups excluding carboxylic acids is 1. The number of halogens is 1. The van der Waals surface area contributed by atoms with E-state index in [0.717, 1.165) is 0 Å². The standard InChI is InChI=1S/C18H19ClN2O4S/c19-16-7-3-1-5-14(16)13-26(23,24)20-17-8-4-2-6-15(17)18(22)21-9-11-25-12-10-21/h1-8,20H,9-13H2. The van der Waals surface area contributed by atoms with Crippen LogP contribution >= 0.6 is 11.6 Å². The minimum Gasteiger partial charge on any atom is -0.378 e. The lowest BCUT2D eigenvalue weighted by Gasteiger charge is -2.27. The van der Waals surface area contributed by atoms with Crippen LogP contribution in [0.5, 0.6) is 0 Å². The summed E-state index contributed by atoms with van der Waals surface area (Å²) in [6.45, 7) is 1.93. The third-order valence-electron chi connectivity index (χ3n) is 4.02. The van der Waals surface area contributed by atoms with Gasteiger partial charge < -0.3 is 9.64 Å². The molecule has 1 N–H and O–H groups in total. The van der Waals surface area contributed by atoms with Gasteiger partial charge in [-0.3, -0.25) is 9.52 Å². The third-order valence-corrected chi connectivity index (χ3v) is 5.62. The van der Waals surface area contributed by atoms with Crippen LogP contribution in [0.25, 0.3) is 0 Å². The SMILES string of the molecule is O=C(c1ccccc1NS(=O)(=O)Cc1ccccc1Cl)N1CCOCC1. The molecule has 1 amide bonds. The number of carbonyl (C=O) groups is 1. The second-order valence-electron chi connectivity index (χ2n) is 5.90. The Kier molecular flexibility index (Phi) is 5.80. The molecule has 0 radical (unpaired) electrons. The number of para-hydroxylation sites is 1. The summed E-state index contributed by atoms with van der Waals surface area (Å²) >= 11 is 6.05. The number of amides is 1. The maximum atomic E-state index is 12.7. The van der Waals surface area contributed by atoms with E-state index < -0.39 is 10.0 Å². The van der Waals surface area contributed by atoms with Crippen LogP contribution in [-0.2, 0) is 20.5 Å². The first-order chi connectivity index (χ1) is 12.5. The first-order valence-electron chi connectivity index (χ1n) is 8.16. The zero-order chi connectivity index (χ0) is 18.6. The first kappa shape index (κ1) is 18.7. The van der Waals surface area contributed by atoms with Gasteiger partial charge in [-0.15, -0.1) is 0 Å². The minimum atomic E-state index is -3.73. The van der Waals surface area contributed by atoms with E-state index in [0.29, 0.717) is 42.5 Å². The van der Waals surface area contributed by atoms with E-state index in [4.69, 9.17) is 16.3 Å². The summed E-state index contributed by atoms with van der Waals surface area (Å²) in [5, 5.41) is 0.385. The lowest BCUT2D eigenvalue weighted by Crippen LogP contribution is -2.41. The van der Waals surface area contributed by atoms with Crippen LogP contribution in [-0.4, -0.2) is 45.5 Å². The fourth-order valence-corrected chi connectivity index (χ4v) is 4.25. The van der Waals surface area contributed by atoms with Gasteiger partial charge in [-0.05, 0) is 23.8 Å². The number of morpholine rings is 1. The van der Waals surface area contributed by atoms with Crippen LogP contribution in [0.15, 0.2) is 48.5 Å². The minimum absolute atomic E-state index is 0.218. The van der Waals surface area contributed by atoms with Gasteiger partial charge in [0.1, 0.15) is 0 Å². The number of ether oxygens (including phenoxy) is 1. The van der Waals surface area contributed by atoms with Gasteiger partial charge >= 0.3 is 0 Å². The van der Waals surface area contributed by atoms with Crippen molar-refractivity contribution >= 4 is 33.2 Å². The van der Waals surface area contributed by atoms with Crippen LogP contribution in [0.3, 0.4) is 0 Å². The van der Waals surface area contributed by atoms with Crippen molar-refractivity contribution in [3.05, 3.63) is 64.7 Å². The molecule has 0 saturated carbocycles. The second-order valence-corrected chi connectivity index (χ2v) is 8.03. The van der Waals surface area contributed by atoms with Crippen LogP contribution in [0, 0.1) is 0 Å². The monoisotopic (exact) mass is 394 g/mol. The third kappa shape index (κ3) is 4.55. The summed E-state index contributed by atoms with van der Waals surface area (Å²) < 4.78 is 32.9. The number of nitrogens with one attached hydrogen (secondary N) is 1. The predicted octanol–water partition coefficient (Wildman–Crippen LogP) is 2.75. The molecular weight excluding hydrogens is 376 g/mol. The normalized spacial score (nSPS) is 14.9. The van der Waals surface area contributed by atoms with E-state index in [1.54, 1.807) is 53.4 Å². The van der Waals surface area contributed by atoms with Gasteiger partial charge in [0, 0.05) is 18.1 Å². The Morgan fingerprint density at radius 2 is 1.73 bits per heavy atom.